The zero-order valence-corrected chi connectivity index (χ0v) is 9.11. The summed E-state index contributed by atoms with van der Waals surface area (Å²) in [4.78, 5) is 22.7. The third-order valence-corrected chi connectivity index (χ3v) is 1.65. The Morgan fingerprint density at radius 2 is 2.38 bits per heavy atom. The van der Waals surface area contributed by atoms with E-state index in [4.69, 9.17) is 11.6 Å². The number of hydrogen-bond acceptors (Lipinski definition) is 4. The van der Waals surface area contributed by atoms with Gasteiger partial charge < -0.3 is 5.32 Å². The van der Waals surface area contributed by atoms with Gasteiger partial charge in [0.1, 0.15) is 5.69 Å². The number of nitrogens with zero attached hydrogens (tertiary/aromatic N) is 3. The lowest BCUT2D eigenvalue weighted by atomic mass is 10.3. The fraction of sp³-hybridized carbons (Fsp3) is 0. The Hall–Kier alpha value is -2.01. The van der Waals surface area contributed by atoms with E-state index in [1.54, 1.807) is 0 Å². The summed E-state index contributed by atoms with van der Waals surface area (Å²) in [5.74, 6) is -0.426. The zero-order valence-electron chi connectivity index (χ0n) is 8.35. The molecule has 0 spiro atoms. The van der Waals surface area contributed by atoms with Crippen LogP contribution >= 0.6 is 11.6 Å². The van der Waals surface area contributed by atoms with Crippen LogP contribution in [0.15, 0.2) is 42.3 Å². The van der Waals surface area contributed by atoms with Crippen LogP contribution in [0.3, 0.4) is 0 Å². The maximum absolute atomic E-state index is 11.6. The molecule has 6 heteroatoms. The Morgan fingerprint density at radius 1 is 1.62 bits per heavy atom. The maximum atomic E-state index is 11.6. The molecule has 0 unspecified atom stereocenters. The van der Waals surface area contributed by atoms with Crippen molar-refractivity contribution in [2.45, 2.75) is 0 Å². The summed E-state index contributed by atoms with van der Waals surface area (Å²) < 4.78 is 0. The lowest BCUT2D eigenvalue weighted by Crippen LogP contribution is -2.23. The molecule has 0 aliphatic rings. The van der Waals surface area contributed by atoms with Crippen LogP contribution in [0.1, 0.15) is 10.5 Å². The lowest BCUT2D eigenvalue weighted by molar-refractivity contribution is 0.0963. The largest absolute Gasteiger partial charge is 0.320 e. The van der Waals surface area contributed by atoms with Crippen LogP contribution in [-0.4, -0.2) is 22.1 Å². The van der Waals surface area contributed by atoms with E-state index in [1.807, 2.05) is 0 Å². The van der Waals surface area contributed by atoms with Crippen molar-refractivity contribution in [2.75, 3.05) is 0 Å². The summed E-state index contributed by atoms with van der Waals surface area (Å²) in [6, 6.07) is 1.44. The number of carbonyl (C=O) groups is 1. The van der Waals surface area contributed by atoms with Crippen LogP contribution in [-0.2, 0) is 0 Å². The summed E-state index contributed by atoms with van der Waals surface area (Å²) >= 11 is 5.54. The normalized spacial score (nSPS) is 10.1. The molecule has 16 heavy (non-hydrogen) atoms. The molecular weight excluding hydrogens is 228 g/mol. The minimum atomic E-state index is -0.426. The first-order valence-corrected chi connectivity index (χ1v) is 4.64. The number of aliphatic imine (C=N–C) groups is 1. The summed E-state index contributed by atoms with van der Waals surface area (Å²) in [6.07, 6.45) is 4.09. The van der Waals surface area contributed by atoms with E-state index in [0.717, 1.165) is 0 Å². The molecule has 0 atom stereocenters. The standard InChI is InChI=1S/C10H9ClN4O/c1-3-12-6-7(2)14-9(16)8-4-5-13-10(11)15-8/h3-6H,1-2H2,(H,14,16). The maximum Gasteiger partial charge on any atom is 0.274 e. The number of hydrogen-bond donors (Lipinski definition) is 1. The second-order valence-corrected chi connectivity index (χ2v) is 2.99. The number of carbonyl (C=O) groups excluding carboxylic acids is 1. The van der Waals surface area contributed by atoms with Crippen molar-refractivity contribution < 1.29 is 4.79 Å². The Balaban J connectivity index is 2.69. The minimum absolute atomic E-state index is 0.0121. The second-order valence-electron chi connectivity index (χ2n) is 2.65. The van der Waals surface area contributed by atoms with Crippen molar-refractivity contribution in [1.29, 1.82) is 0 Å². The number of amides is 1. The summed E-state index contributed by atoms with van der Waals surface area (Å²) in [5.41, 5.74) is 0.493. The predicted molar refractivity (Wildman–Crippen MR) is 62.3 cm³/mol. The third kappa shape index (κ3) is 3.62. The highest BCUT2D eigenvalue weighted by molar-refractivity contribution is 6.28. The van der Waals surface area contributed by atoms with Gasteiger partial charge in [0.05, 0.1) is 5.70 Å². The van der Waals surface area contributed by atoms with Gasteiger partial charge in [-0.1, -0.05) is 13.2 Å². The highest BCUT2D eigenvalue weighted by atomic mass is 35.5. The Bertz CT molecular complexity index is 456. The van der Waals surface area contributed by atoms with E-state index < -0.39 is 5.91 Å². The number of allylic oxidation sites excluding steroid dienone is 1. The summed E-state index contributed by atoms with van der Waals surface area (Å²) in [5, 5.41) is 2.49. The van der Waals surface area contributed by atoms with E-state index in [2.05, 4.69) is 33.4 Å². The van der Waals surface area contributed by atoms with Gasteiger partial charge in [0.15, 0.2) is 0 Å². The van der Waals surface area contributed by atoms with Crippen molar-refractivity contribution >= 4 is 23.7 Å². The van der Waals surface area contributed by atoms with Gasteiger partial charge in [-0.05, 0) is 17.7 Å². The number of nitrogens with one attached hydrogen (secondary N) is 1. The topological polar surface area (TPSA) is 67.2 Å². The molecule has 1 aromatic rings. The van der Waals surface area contributed by atoms with Gasteiger partial charge in [-0.3, -0.25) is 9.79 Å². The molecule has 0 radical (unpaired) electrons. The number of halogens is 1. The lowest BCUT2D eigenvalue weighted by Gasteiger charge is -2.02. The van der Waals surface area contributed by atoms with E-state index in [9.17, 15) is 4.79 Å². The highest BCUT2D eigenvalue weighted by Crippen LogP contribution is 2.01. The van der Waals surface area contributed by atoms with E-state index >= 15 is 0 Å². The monoisotopic (exact) mass is 236 g/mol. The van der Waals surface area contributed by atoms with Crippen molar-refractivity contribution in [1.82, 2.24) is 15.3 Å². The molecule has 0 fully saturated rings. The fourth-order valence-electron chi connectivity index (χ4n) is 0.846. The van der Waals surface area contributed by atoms with Crippen LogP contribution in [0.2, 0.25) is 5.28 Å². The van der Waals surface area contributed by atoms with Gasteiger partial charge in [-0.2, -0.15) is 0 Å². The van der Waals surface area contributed by atoms with Crippen LogP contribution in [0.4, 0.5) is 0 Å². The Kier molecular flexibility index (Phi) is 4.35. The molecule has 0 bridgehead atoms. The van der Waals surface area contributed by atoms with Crippen molar-refractivity contribution in [3.8, 4) is 0 Å². The molecule has 0 saturated heterocycles. The molecule has 5 nitrogen and oxygen atoms in total. The molecule has 1 aromatic heterocycles. The first kappa shape index (κ1) is 12.1. The number of rotatable bonds is 4. The summed E-state index contributed by atoms with van der Waals surface area (Å²) in [7, 11) is 0. The molecule has 1 amide bonds. The smallest absolute Gasteiger partial charge is 0.274 e. The SMILES string of the molecule is C=CN=CC(=C)NC(=O)c1ccnc(Cl)n1. The van der Waals surface area contributed by atoms with E-state index in [-0.39, 0.29) is 11.0 Å². The average molecular weight is 237 g/mol. The second kappa shape index (κ2) is 5.77. The van der Waals surface area contributed by atoms with Crippen molar-refractivity contribution in [2.24, 2.45) is 4.99 Å². The molecule has 1 rings (SSSR count). The van der Waals surface area contributed by atoms with Crippen LogP contribution in [0, 0.1) is 0 Å². The van der Waals surface area contributed by atoms with Crippen LogP contribution < -0.4 is 5.32 Å². The van der Waals surface area contributed by atoms with Crippen LogP contribution in [0.25, 0.3) is 0 Å². The molecule has 0 aliphatic heterocycles. The van der Waals surface area contributed by atoms with Gasteiger partial charge in [0, 0.05) is 18.6 Å². The van der Waals surface area contributed by atoms with Gasteiger partial charge in [0.25, 0.3) is 5.91 Å². The Labute approximate surface area is 97.6 Å². The Morgan fingerprint density at radius 3 is 3.00 bits per heavy atom. The van der Waals surface area contributed by atoms with Gasteiger partial charge >= 0.3 is 0 Å². The average Bonchev–Trinajstić information content (AvgIpc) is 2.26. The minimum Gasteiger partial charge on any atom is -0.320 e. The van der Waals surface area contributed by atoms with Gasteiger partial charge in [0.2, 0.25) is 5.28 Å². The number of aromatic nitrogens is 2. The molecule has 1 N–H and O–H groups in total. The first-order valence-electron chi connectivity index (χ1n) is 4.26. The van der Waals surface area contributed by atoms with Gasteiger partial charge in [-0.15, -0.1) is 0 Å². The van der Waals surface area contributed by atoms with Crippen molar-refractivity contribution in [3.05, 3.63) is 48.3 Å². The molecule has 1 heterocycles. The molecule has 0 saturated carbocycles. The highest BCUT2D eigenvalue weighted by Gasteiger charge is 2.07. The van der Waals surface area contributed by atoms with Crippen LogP contribution in [0.5, 0.6) is 0 Å². The summed E-state index contributed by atoms with van der Waals surface area (Å²) in [6.45, 7) is 6.97. The zero-order chi connectivity index (χ0) is 12.0. The van der Waals surface area contributed by atoms with E-state index in [1.165, 1.54) is 24.7 Å². The van der Waals surface area contributed by atoms with Gasteiger partial charge in [-0.25, -0.2) is 9.97 Å². The molecular formula is C10H9ClN4O. The fourth-order valence-corrected chi connectivity index (χ4v) is 0.994. The molecule has 82 valence electrons. The molecule has 0 aliphatic carbocycles. The molecule has 0 aromatic carbocycles. The quantitative estimate of drug-likeness (QED) is 0.638. The van der Waals surface area contributed by atoms with E-state index in [0.29, 0.717) is 5.70 Å². The first-order chi connectivity index (χ1) is 7.63. The third-order valence-electron chi connectivity index (χ3n) is 1.47. The predicted octanol–water partition coefficient (Wildman–Crippen LogP) is 1.59. The van der Waals surface area contributed by atoms with Crippen molar-refractivity contribution in [3.63, 3.8) is 0 Å².